The molecule has 19 heavy (non-hydrogen) atoms. The van der Waals surface area contributed by atoms with E-state index in [1.54, 1.807) is 0 Å². The highest BCUT2D eigenvalue weighted by atomic mass is 16.6. The van der Waals surface area contributed by atoms with Gasteiger partial charge in [0.2, 0.25) is 11.8 Å². The summed E-state index contributed by atoms with van der Waals surface area (Å²) in [6.45, 7) is 2.00. The van der Waals surface area contributed by atoms with Crippen LogP contribution in [0.3, 0.4) is 0 Å². The molecule has 0 aromatic carbocycles. The van der Waals surface area contributed by atoms with Crippen molar-refractivity contribution in [3.8, 4) is 0 Å². The van der Waals surface area contributed by atoms with Crippen LogP contribution in [0, 0.1) is 17.0 Å². The number of methoxy groups -OCH3 is 1. The molecule has 1 aromatic rings. The highest BCUT2D eigenvalue weighted by Crippen LogP contribution is 2.25. The van der Waals surface area contributed by atoms with Crippen molar-refractivity contribution in [1.29, 1.82) is 0 Å². The molecule has 0 saturated carbocycles. The van der Waals surface area contributed by atoms with E-state index in [9.17, 15) is 15.2 Å². The van der Waals surface area contributed by atoms with Gasteiger partial charge in [-0.25, -0.2) is 4.98 Å². The molecule has 9 nitrogen and oxygen atoms in total. The largest absolute Gasteiger partial charge is 0.391 e. The summed E-state index contributed by atoms with van der Waals surface area (Å²) in [5.41, 5.74) is 5.43. The Bertz CT molecular complexity index is 454. The molecular formula is C10H17N5O4. The second-order valence-electron chi connectivity index (χ2n) is 3.95. The zero-order chi connectivity index (χ0) is 14.4. The van der Waals surface area contributed by atoms with E-state index in [-0.39, 0.29) is 29.8 Å². The number of nitrogen functional groups attached to an aromatic ring is 1. The van der Waals surface area contributed by atoms with E-state index in [0.29, 0.717) is 13.0 Å². The number of aliphatic hydroxyl groups is 1. The number of anilines is 2. The lowest BCUT2D eigenvalue weighted by Gasteiger charge is -2.11. The fourth-order valence-corrected chi connectivity index (χ4v) is 1.56. The Morgan fingerprint density at radius 1 is 1.58 bits per heavy atom. The molecule has 4 N–H and O–H groups in total. The van der Waals surface area contributed by atoms with Gasteiger partial charge in [-0.15, -0.1) is 0 Å². The molecule has 1 unspecified atom stereocenters. The average molecular weight is 271 g/mol. The number of ether oxygens (including phenoxy) is 1. The van der Waals surface area contributed by atoms with Crippen molar-refractivity contribution in [2.45, 2.75) is 19.4 Å². The zero-order valence-corrected chi connectivity index (χ0v) is 10.8. The van der Waals surface area contributed by atoms with Gasteiger partial charge in [0, 0.05) is 13.7 Å². The Hall–Kier alpha value is -2.00. The normalized spacial score (nSPS) is 12.2. The molecular weight excluding hydrogens is 254 g/mol. The second-order valence-corrected chi connectivity index (χ2v) is 3.95. The van der Waals surface area contributed by atoms with Crippen LogP contribution in [0.2, 0.25) is 0 Å². The number of aliphatic hydroxyl groups excluding tert-OH is 1. The Morgan fingerprint density at radius 3 is 2.84 bits per heavy atom. The van der Waals surface area contributed by atoms with Crippen LogP contribution < -0.4 is 11.1 Å². The zero-order valence-electron chi connectivity index (χ0n) is 10.8. The molecule has 0 spiro atoms. The third-order valence-corrected chi connectivity index (χ3v) is 2.39. The number of nitrogens with two attached hydrogens (primary N) is 1. The van der Waals surface area contributed by atoms with E-state index >= 15 is 0 Å². The van der Waals surface area contributed by atoms with Gasteiger partial charge in [0.15, 0.2) is 0 Å². The molecule has 106 valence electrons. The summed E-state index contributed by atoms with van der Waals surface area (Å²) in [5, 5.41) is 23.2. The van der Waals surface area contributed by atoms with Crippen LogP contribution in [-0.4, -0.2) is 46.4 Å². The summed E-state index contributed by atoms with van der Waals surface area (Å²) in [7, 11) is 1.48. The Kier molecular flexibility index (Phi) is 5.39. The van der Waals surface area contributed by atoms with Crippen molar-refractivity contribution in [2.24, 2.45) is 0 Å². The molecule has 0 amide bonds. The Morgan fingerprint density at radius 2 is 2.26 bits per heavy atom. The number of aromatic nitrogens is 2. The van der Waals surface area contributed by atoms with Gasteiger partial charge in [0.1, 0.15) is 5.69 Å². The first-order chi connectivity index (χ1) is 8.95. The quantitative estimate of drug-likeness (QED) is 0.468. The lowest BCUT2D eigenvalue weighted by atomic mass is 10.2. The summed E-state index contributed by atoms with van der Waals surface area (Å²) in [6, 6.07) is 0. The highest BCUT2D eigenvalue weighted by Gasteiger charge is 2.21. The van der Waals surface area contributed by atoms with Crippen molar-refractivity contribution >= 4 is 17.5 Å². The summed E-state index contributed by atoms with van der Waals surface area (Å²) >= 11 is 0. The van der Waals surface area contributed by atoms with Crippen LogP contribution in [0.15, 0.2) is 0 Å². The summed E-state index contributed by atoms with van der Waals surface area (Å²) in [4.78, 5) is 17.9. The number of nitrogens with zero attached hydrogens (tertiary/aromatic N) is 3. The topological polar surface area (TPSA) is 136 Å². The van der Waals surface area contributed by atoms with E-state index in [1.165, 1.54) is 14.0 Å². The van der Waals surface area contributed by atoms with Crippen LogP contribution >= 0.6 is 0 Å². The molecule has 0 aliphatic carbocycles. The fourth-order valence-electron chi connectivity index (χ4n) is 1.56. The molecule has 1 rings (SSSR count). The van der Waals surface area contributed by atoms with Gasteiger partial charge in [-0.2, -0.15) is 4.98 Å². The number of nitro groups is 1. The van der Waals surface area contributed by atoms with Crippen LogP contribution in [0.4, 0.5) is 17.5 Å². The lowest BCUT2D eigenvalue weighted by Crippen LogP contribution is -2.19. The molecule has 1 heterocycles. The highest BCUT2D eigenvalue weighted by molar-refractivity contribution is 5.60. The first kappa shape index (κ1) is 15.1. The lowest BCUT2D eigenvalue weighted by molar-refractivity contribution is -0.385. The van der Waals surface area contributed by atoms with Gasteiger partial charge >= 0.3 is 5.69 Å². The molecule has 0 radical (unpaired) electrons. The van der Waals surface area contributed by atoms with Crippen LogP contribution in [0.25, 0.3) is 0 Å². The van der Waals surface area contributed by atoms with Gasteiger partial charge in [-0.3, -0.25) is 10.1 Å². The fraction of sp³-hybridized carbons (Fsp3) is 0.600. The van der Waals surface area contributed by atoms with Crippen LogP contribution in [0.5, 0.6) is 0 Å². The average Bonchev–Trinajstić information content (AvgIpc) is 2.27. The molecule has 0 saturated heterocycles. The maximum absolute atomic E-state index is 10.9. The molecule has 0 aliphatic heterocycles. The third kappa shape index (κ3) is 4.30. The van der Waals surface area contributed by atoms with Gasteiger partial charge in [-0.05, 0) is 13.3 Å². The van der Waals surface area contributed by atoms with Crippen molar-refractivity contribution < 1.29 is 14.8 Å². The third-order valence-electron chi connectivity index (χ3n) is 2.39. The van der Waals surface area contributed by atoms with Gasteiger partial charge in [0.05, 0.1) is 17.6 Å². The van der Waals surface area contributed by atoms with E-state index in [1.807, 2.05) is 0 Å². The van der Waals surface area contributed by atoms with Gasteiger partial charge < -0.3 is 20.9 Å². The second kappa shape index (κ2) is 6.81. The van der Waals surface area contributed by atoms with E-state index in [4.69, 9.17) is 10.5 Å². The number of rotatable bonds is 7. The Balaban J connectivity index is 2.74. The van der Waals surface area contributed by atoms with E-state index in [0.717, 1.165) is 0 Å². The van der Waals surface area contributed by atoms with Gasteiger partial charge in [0.25, 0.3) is 0 Å². The first-order valence-electron chi connectivity index (χ1n) is 5.65. The van der Waals surface area contributed by atoms with Gasteiger partial charge in [-0.1, -0.05) is 0 Å². The number of hydrogen-bond donors (Lipinski definition) is 3. The van der Waals surface area contributed by atoms with Crippen LogP contribution in [-0.2, 0) is 4.74 Å². The Labute approximate surface area is 110 Å². The maximum atomic E-state index is 10.9. The number of hydrogen-bond acceptors (Lipinski definition) is 8. The minimum Gasteiger partial charge on any atom is -0.391 e. The number of nitrogens with one attached hydrogen (secondary N) is 1. The predicted octanol–water partition coefficient (Wildman–Crippen LogP) is 0.0847. The summed E-state index contributed by atoms with van der Waals surface area (Å²) in [6.07, 6.45) is -0.273. The van der Waals surface area contributed by atoms with Crippen molar-refractivity contribution in [3.05, 3.63) is 15.8 Å². The van der Waals surface area contributed by atoms with Crippen molar-refractivity contribution in [2.75, 3.05) is 31.3 Å². The minimum absolute atomic E-state index is 0.0389. The summed E-state index contributed by atoms with van der Waals surface area (Å²) in [5.74, 6) is 0.0163. The SMILES string of the molecule is COCC(O)CCNc1nc(N)nc(C)c1[N+](=O)[O-]. The summed E-state index contributed by atoms with van der Waals surface area (Å²) < 4.78 is 4.77. The molecule has 9 heteroatoms. The molecule has 1 atom stereocenters. The standard InChI is InChI=1S/C10H17N5O4/c1-6-8(15(17)18)9(14-10(11)13-6)12-4-3-7(16)5-19-2/h7,16H,3-5H2,1-2H3,(H3,11,12,13,14). The molecule has 1 aromatic heterocycles. The smallest absolute Gasteiger partial charge is 0.332 e. The minimum atomic E-state index is -0.642. The molecule has 0 fully saturated rings. The van der Waals surface area contributed by atoms with Crippen LogP contribution in [0.1, 0.15) is 12.1 Å². The number of aryl methyl sites for hydroxylation is 1. The first-order valence-corrected chi connectivity index (χ1v) is 5.65. The molecule has 0 bridgehead atoms. The maximum Gasteiger partial charge on any atom is 0.332 e. The predicted molar refractivity (Wildman–Crippen MR) is 68.8 cm³/mol. The van der Waals surface area contributed by atoms with E-state index < -0.39 is 11.0 Å². The van der Waals surface area contributed by atoms with Crippen molar-refractivity contribution in [1.82, 2.24) is 9.97 Å². The molecule has 0 aliphatic rings. The monoisotopic (exact) mass is 271 g/mol. The van der Waals surface area contributed by atoms with E-state index in [2.05, 4.69) is 15.3 Å². The van der Waals surface area contributed by atoms with Crippen molar-refractivity contribution in [3.63, 3.8) is 0 Å².